The van der Waals surface area contributed by atoms with Crippen LogP contribution in [0.4, 0.5) is 19.0 Å². The van der Waals surface area contributed by atoms with Crippen molar-refractivity contribution < 1.29 is 32.2 Å². The van der Waals surface area contributed by atoms with E-state index in [0.29, 0.717) is 11.3 Å². The summed E-state index contributed by atoms with van der Waals surface area (Å²) in [6.45, 7) is 2.54. The molecule has 0 unspecified atom stereocenters. The van der Waals surface area contributed by atoms with Crippen molar-refractivity contribution in [2.24, 2.45) is 0 Å². The third-order valence-electron chi connectivity index (χ3n) is 3.98. The lowest BCUT2D eigenvalue weighted by molar-refractivity contribution is -0.204. The number of anilines is 1. The fourth-order valence-corrected chi connectivity index (χ4v) is 2.41. The van der Waals surface area contributed by atoms with E-state index in [0.717, 1.165) is 0 Å². The van der Waals surface area contributed by atoms with Crippen LogP contribution in [0.15, 0.2) is 42.6 Å². The first-order valence-electron chi connectivity index (χ1n) is 8.55. The summed E-state index contributed by atoms with van der Waals surface area (Å²) in [5.41, 5.74) is -3.31. The number of aryl methyl sites for hydroxylation is 1. The van der Waals surface area contributed by atoms with Crippen LogP contribution in [0.1, 0.15) is 22.8 Å². The Morgan fingerprint density at radius 2 is 1.79 bits per heavy atom. The van der Waals surface area contributed by atoms with Gasteiger partial charge in [-0.1, -0.05) is 6.07 Å². The van der Waals surface area contributed by atoms with Crippen molar-refractivity contribution in [3.8, 4) is 5.75 Å². The Balaban J connectivity index is 2.50. The molecule has 2 N–H and O–H groups in total. The summed E-state index contributed by atoms with van der Waals surface area (Å²) >= 11 is 0. The summed E-state index contributed by atoms with van der Waals surface area (Å²) in [6, 6.07) is 8.39. The van der Waals surface area contributed by atoms with Gasteiger partial charge in [0.2, 0.25) is 0 Å². The number of esters is 1. The van der Waals surface area contributed by atoms with Crippen LogP contribution in [0.25, 0.3) is 0 Å². The SMILES string of the molecule is CCOC(=O)[C@](NC(=O)c1ccc(OC)cc1)(Nc1ncccc1C)C(F)(F)F. The number of carbonyl (C=O) groups is 2. The summed E-state index contributed by atoms with van der Waals surface area (Å²) < 4.78 is 52.0. The normalized spacial score (nSPS) is 13.2. The predicted octanol–water partition coefficient (Wildman–Crippen LogP) is 3.06. The molecule has 29 heavy (non-hydrogen) atoms. The number of carbonyl (C=O) groups excluding carboxylic acids is 2. The second kappa shape index (κ2) is 8.80. The Morgan fingerprint density at radius 3 is 2.31 bits per heavy atom. The summed E-state index contributed by atoms with van der Waals surface area (Å²) in [5, 5.41) is 3.80. The zero-order chi connectivity index (χ0) is 21.7. The van der Waals surface area contributed by atoms with Gasteiger partial charge in [-0.05, 0) is 49.7 Å². The molecule has 1 atom stereocenters. The smallest absolute Gasteiger partial charge is 0.441 e. The Bertz CT molecular complexity index is 872. The number of methoxy groups -OCH3 is 1. The van der Waals surface area contributed by atoms with E-state index < -0.39 is 23.7 Å². The predicted molar refractivity (Wildman–Crippen MR) is 98.5 cm³/mol. The first kappa shape index (κ1) is 22.0. The van der Waals surface area contributed by atoms with Crippen molar-refractivity contribution in [3.05, 3.63) is 53.7 Å². The number of rotatable bonds is 7. The number of hydrogen-bond acceptors (Lipinski definition) is 6. The van der Waals surface area contributed by atoms with E-state index in [4.69, 9.17) is 4.74 Å². The maximum absolute atomic E-state index is 14.1. The van der Waals surface area contributed by atoms with Crippen LogP contribution in [0.2, 0.25) is 0 Å². The van der Waals surface area contributed by atoms with Gasteiger partial charge in [0.1, 0.15) is 11.6 Å². The number of aromatic nitrogens is 1. The number of pyridine rings is 1. The molecule has 1 aromatic heterocycles. The lowest BCUT2D eigenvalue weighted by Gasteiger charge is -2.35. The van der Waals surface area contributed by atoms with E-state index in [1.54, 1.807) is 5.32 Å². The van der Waals surface area contributed by atoms with Gasteiger partial charge in [0.25, 0.3) is 5.91 Å². The van der Waals surface area contributed by atoms with Gasteiger partial charge in [0.05, 0.1) is 13.7 Å². The number of halogens is 3. The quantitative estimate of drug-likeness (QED) is 0.538. The highest BCUT2D eigenvalue weighted by Gasteiger charge is 2.64. The lowest BCUT2D eigenvalue weighted by atomic mass is 10.1. The van der Waals surface area contributed by atoms with Crippen LogP contribution in [0, 0.1) is 6.92 Å². The Kier molecular flexibility index (Phi) is 6.68. The molecule has 0 aliphatic rings. The van der Waals surface area contributed by atoms with E-state index >= 15 is 0 Å². The van der Waals surface area contributed by atoms with Gasteiger partial charge in [0.15, 0.2) is 0 Å². The molecule has 1 amide bonds. The molecule has 156 valence electrons. The second-order valence-corrected chi connectivity index (χ2v) is 5.94. The topological polar surface area (TPSA) is 89.5 Å². The molecule has 7 nitrogen and oxygen atoms in total. The standard InChI is InChI=1S/C19H20F3N3O4/c1-4-29-17(27)18(19(20,21)22,24-15-12(2)6-5-11-23-15)25-16(26)13-7-9-14(28-3)10-8-13/h5-11H,4H2,1-3H3,(H,23,24)(H,25,26)/t18-/m1/s1. The summed E-state index contributed by atoms with van der Waals surface area (Å²) in [5.74, 6) is -2.66. The van der Waals surface area contributed by atoms with Gasteiger partial charge in [-0.2, -0.15) is 13.2 Å². The van der Waals surface area contributed by atoms with Crippen molar-refractivity contribution in [1.82, 2.24) is 10.3 Å². The molecule has 0 bridgehead atoms. The molecular formula is C19H20F3N3O4. The number of nitrogens with zero attached hydrogens (tertiary/aromatic N) is 1. The van der Waals surface area contributed by atoms with Crippen LogP contribution < -0.4 is 15.4 Å². The monoisotopic (exact) mass is 411 g/mol. The van der Waals surface area contributed by atoms with E-state index in [1.165, 1.54) is 63.6 Å². The number of nitrogens with one attached hydrogen (secondary N) is 2. The lowest BCUT2D eigenvalue weighted by Crippen LogP contribution is -2.69. The molecule has 2 aromatic rings. The van der Waals surface area contributed by atoms with Crippen LogP contribution in [-0.2, 0) is 9.53 Å². The highest BCUT2D eigenvalue weighted by atomic mass is 19.4. The number of alkyl halides is 3. The number of ether oxygens (including phenoxy) is 2. The zero-order valence-corrected chi connectivity index (χ0v) is 16.0. The second-order valence-electron chi connectivity index (χ2n) is 5.94. The molecular weight excluding hydrogens is 391 g/mol. The van der Waals surface area contributed by atoms with Crippen molar-refractivity contribution in [3.63, 3.8) is 0 Å². The highest BCUT2D eigenvalue weighted by Crippen LogP contribution is 2.33. The van der Waals surface area contributed by atoms with Crippen molar-refractivity contribution in [2.75, 3.05) is 19.0 Å². The van der Waals surface area contributed by atoms with Gasteiger partial charge in [-0.25, -0.2) is 9.78 Å². The fourth-order valence-electron chi connectivity index (χ4n) is 2.41. The molecule has 1 heterocycles. The van der Waals surface area contributed by atoms with E-state index in [2.05, 4.69) is 9.72 Å². The molecule has 10 heteroatoms. The van der Waals surface area contributed by atoms with Gasteiger partial charge < -0.3 is 20.1 Å². The van der Waals surface area contributed by atoms with Crippen LogP contribution >= 0.6 is 0 Å². The Morgan fingerprint density at radius 1 is 1.14 bits per heavy atom. The van der Waals surface area contributed by atoms with Crippen molar-refractivity contribution in [1.29, 1.82) is 0 Å². The van der Waals surface area contributed by atoms with Gasteiger partial charge in [-0.3, -0.25) is 4.79 Å². The Hall–Kier alpha value is -3.30. The maximum atomic E-state index is 14.1. The van der Waals surface area contributed by atoms with Crippen molar-refractivity contribution >= 4 is 17.7 Å². The summed E-state index contributed by atoms with van der Waals surface area (Å²) in [6.07, 6.45) is -3.99. The van der Waals surface area contributed by atoms with Crippen LogP contribution in [0.5, 0.6) is 5.75 Å². The van der Waals surface area contributed by atoms with Gasteiger partial charge in [-0.15, -0.1) is 0 Å². The molecule has 0 aliphatic heterocycles. The van der Waals surface area contributed by atoms with Gasteiger partial charge >= 0.3 is 17.8 Å². The van der Waals surface area contributed by atoms with E-state index in [-0.39, 0.29) is 18.0 Å². The van der Waals surface area contributed by atoms with E-state index in [1.807, 2.05) is 5.32 Å². The molecule has 2 rings (SSSR count). The van der Waals surface area contributed by atoms with Crippen molar-refractivity contribution in [2.45, 2.75) is 25.7 Å². The molecule has 1 aromatic carbocycles. The third kappa shape index (κ3) is 4.76. The first-order valence-corrected chi connectivity index (χ1v) is 8.55. The number of amides is 1. The first-order chi connectivity index (χ1) is 13.6. The molecule has 0 spiro atoms. The molecule has 0 fully saturated rings. The number of benzene rings is 1. The van der Waals surface area contributed by atoms with Crippen LogP contribution in [-0.4, -0.2) is 42.4 Å². The average Bonchev–Trinajstić information content (AvgIpc) is 2.68. The maximum Gasteiger partial charge on any atom is 0.441 e. The molecule has 0 aliphatic carbocycles. The molecule has 0 saturated carbocycles. The van der Waals surface area contributed by atoms with E-state index in [9.17, 15) is 22.8 Å². The minimum Gasteiger partial charge on any atom is -0.497 e. The fraction of sp³-hybridized carbons (Fsp3) is 0.316. The molecule has 0 saturated heterocycles. The summed E-state index contributed by atoms with van der Waals surface area (Å²) in [7, 11) is 1.41. The zero-order valence-electron chi connectivity index (χ0n) is 16.0. The Labute approximate surface area is 165 Å². The minimum atomic E-state index is -5.24. The van der Waals surface area contributed by atoms with Gasteiger partial charge in [0, 0.05) is 11.8 Å². The average molecular weight is 411 g/mol. The number of hydrogen-bond donors (Lipinski definition) is 2. The third-order valence-corrected chi connectivity index (χ3v) is 3.98. The summed E-state index contributed by atoms with van der Waals surface area (Å²) in [4.78, 5) is 28.8. The largest absolute Gasteiger partial charge is 0.497 e. The minimum absolute atomic E-state index is 0.108. The van der Waals surface area contributed by atoms with Crippen LogP contribution in [0.3, 0.4) is 0 Å². The highest BCUT2D eigenvalue weighted by molar-refractivity contribution is 5.99. The molecule has 0 radical (unpaired) electrons.